The molecule has 0 saturated carbocycles. The van der Waals surface area contributed by atoms with E-state index in [1.54, 1.807) is 0 Å². The molecular weight excluding hydrogens is 148 g/mol. The van der Waals surface area contributed by atoms with Crippen molar-refractivity contribution in [2.75, 3.05) is 27.2 Å². The van der Waals surface area contributed by atoms with E-state index in [0.717, 1.165) is 13.1 Å². The van der Waals surface area contributed by atoms with Crippen LogP contribution in [0.15, 0.2) is 0 Å². The lowest BCUT2D eigenvalue weighted by atomic mass is 9.82. The Morgan fingerprint density at radius 3 is 2.17 bits per heavy atom. The average Bonchev–Trinajstić information content (AvgIpc) is 2.02. The molecule has 2 N–H and O–H groups in total. The summed E-state index contributed by atoms with van der Waals surface area (Å²) in [5, 5.41) is 0. The first-order chi connectivity index (χ1) is 5.54. The Morgan fingerprint density at radius 1 is 1.25 bits per heavy atom. The van der Waals surface area contributed by atoms with Crippen molar-refractivity contribution in [1.82, 2.24) is 4.90 Å². The van der Waals surface area contributed by atoms with Crippen molar-refractivity contribution in [2.45, 2.75) is 33.1 Å². The van der Waals surface area contributed by atoms with Gasteiger partial charge < -0.3 is 10.6 Å². The highest BCUT2D eigenvalue weighted by molar-refractivity contribution is 4.75. The fraction of sp³-hybridized carbons (Fsp3) is 1.00. The molecule has 0 amide bonds. The first-order valence-corrected chi connectivity index (χ1v) is 4.89. The number of nitrogens with zero attached hydrogens (tertiary/aromatic N) is 1. The minimum Gasteiger partial charge on any atom is -0.330 e. The van der Waals surface area contributed by atoms with Crippen LogP contribution in [0.1, 0.15) is 33.1 Å². The maximum absolute atomic E-state index is 5.76. The molecule has 0 fully saturated rings. The standard InChI is InChI=1S/C10H24N2/c1-5-6-10(2,9-11)7-8-12(3)4/h5-9,11H2,1-4H3. The molecule has 12 heavy (non-hydrogen) atoms. The molecule has 0 radical (unpaired) electrons. The predicted octanol–water partition coefficient (Wildman–Crippen LogP) is 1.70. The topological polar surface area (TPSA) is 29.3 Å². The quantitative estimate of drug-likeness (QED) is 0.661. The van der Waals surface area contributed by atoms with Crippen molar-refractivity contribution in [3.63, 3.8) is 0 Å². The molecule has 0 aromatic carbocycles. The summed E-state index contributed by atoms with van der Waals surface area (Å²) < 4.78 is 0. The van der Waals surface area contributed by atoms with Gasteiger partial charge in [0.1, 0.15) is 0 Å². The van der Waals surface area contributed by atoms with Crippen LogP contribution < -0.4 is 5.73 Å². The zero-order chi connectivity index (χ0) is 9.61. The summed E-state index contributed by atoms with van der Waals surface area (Å²) in [4.78, 5) is 2.23. The predicted molar refractivity (Wildman–Crippen MR) is 55.2 cm³/mol. The van der Waals surface area contributed by atoms with Crippen LogP contribution in [0.4, 0.5) is 0 Å². The lowest BCUT2D eigenvalue weighted by Crippen LogP contribution is -2.31. The van der Waals surface area contributed by atoms with Gasteiger partial charge in [0.2, 0.25) is 0 Å². The Morgan fingerprint density at radius 2 is 1.83 bits per heavy atom. The third-order valence-electron chi connectivity index (χ3n) is 2.51. The average molecular weight is 172 g/mol. The van der Waals surface area contributed by atoms with Crippen molar-refractivity contribution in [3.8, 4) is 0 Å². The summed E-state index contributed by atoms with van der Waals surface area (Å²) in [5.41, 5.74) is 6.12. The molecule has 2 nitrogen and oxygen atoms in total. The summed E-state index contributed by atoms with van der Waals surface area (Å²) in [7, 11) is 4.23. The molecule has 0 saturated heterocycles. The number of hydrogen-bond acceptors (Lipinski definition) is 2. The molecule has 1 atom stereocenters. The molecule has 0 aliphatic rings. The van der Waals surface area contributed by atoms with Crippen LogP contribution in [-0.4, -0.2) is 32.1 Å². The molecule has 0 rings (SSSR count). The fourth-order valence-corrected chi connectivity index (χ4v) is 1.43. The van der Waals surface area contributed by atoms with Crippen LogP contribution in [0.3, 0.4) is 0 Å². The van der Waals surface area contributed by atoms with E-state index < -0.39 is 0 Å². The second kappa shape index (κ2) is 5.55. The third-order valence-corrected chi connectivity index (χ3v) is 2.51. The lowest BCUT2D eigenvalue weighted by molar-refractivity contribution is 0.239. The van der Waals surface area contributed by atoms with E-state index >= 15 is 0 Å². The van der Waals surface area contributed by atoms with E-state index in [9.17, 15) is 0 Å². The highest BCUT2D eigenvalue weighted by Gasteiger charge is 2.20. The Hall–Kier alpha value is -0.0800. The maximum atomic E-state index is 5.76. The van der Waals surface area contributed by atoms with Gasteiger partial charge in [-0.1, -0.05) is 20.3 Å². The van der Waals surface area contributed by atoms with Crippen LogP contribution in [0.25, 0.3) is 0 Å². The van der Waals surface area contributed by atoms with Crippen LogP contribution in [0.5, 0.6) is 0 Å². The Balaban J connectivity index is 3.78. The molecule has 0 bridgehead atoms. The molecule has 0 aromatic rings. The second-order valence-electron chi connectivity index (χ2n) is 4.32. The Kier molecular flexibility index (Phi) is 5.51. The molecule has 0 aliphatic carbocycles. The second-order valence-corrected chi connectivity index (χ2v) is 4.32. The van der Waals surface area contributed by atoms with Gasteiger partial charge in [0.15, 0.2) is 0 Å². The van der Waals surface area contributed by atoms with Crippen LogP contribution in [-0.2, 0) is 0 Å². The molecule has 1 unspecified atom stereocenters. The molecule has 0 aromatic heterocycles. The van der Waals surface area contributed by atoms with E-state index in [4.69, 9.17) is 5.73 Å². The molecule has 74 valence electrons. The number of hydrogen-bond donors (Lipinski definition) is 1. The van der Waals surface area contributed by atoms with E-state index in [0.29, 0.717) is 5.41 Å². The van der Waals surface area contributed by atoms with Gasteiger partial charge in [-0.25, -0.2) is 0 Å². The zero-order valence-corrected chi connectivity index (χ0v) is 9.06. The summed E-state index contributed by atoms with van der Waals surface area (Å²) in [6, 6.07) is 0. The third kappa shape index (κ3) is 4.73. The van der Waals surface area contributed by atoms with Gasteiger partial charge in [-0.05, 0) is 45.4 Å². The van der Waals surface area contributed by atoms with Gasteiger partial charge in [-0.2, -0.15) is 0 Å². The first-order valence-electron chi connectivity index (χ1n) is 4.89. The van der Waals surface area contributed by atoms with Crippen LogP contribution in [0, 0.1) is 5.41 Å². The number of nitrogens with two attached hydrogens (primary N) is 1. The minimum absolute atomic E-state index is 0.360. The lowest BCUT2D eigenvalue weighted by Gasteiger charge is -2.28. The highest BCUT2D eigenvalue weighted by Crippen LogP contribution is 2.25. The van der Waals surface area contributed by atoms with Crippen molar-refractivity contribution in [3.05, 3.63) is 0 Å². The Bertz CT molecular complexity index is 112. The van der Waals surface area contributed by atoms with E-state index in [1.807, 2.05) is 0 Å². The van der Waals surface area contributed by atoms with Crippen molar-refractivity contribution in [1.29, 1.82) is 0 Å². The van der Waals surface area contributed by atoms with Gasteiger partial charge in [-0.15, -0.1) is 0 Å². The van der Waals surface area contributed by atoms with Crippen molar-refractivity contribution < 1.29 is 0 Å². The van der Waals surface area contributed by atoms with E-state index in [2.05, 4.69) is 32.8 Å². The number of rotatable bonds is 6. The molecule has 0 heterocycles. The summed E-state index contributed by atoms with van der Waals surface area (Å²) in [6.45, 7) is 6.48. The van der Waals surface area contributed by atoms with Gasteiger partial charge in [0, 0.05) is 0 Å². The fourth-order valence-electron chi connectivity index (χ4n) is 1.43. The molecule has 2 heteroatoms. The monoisotopic (exact) mass is 172 g/mol. The zero-order valence-electron chi connectivity index (χ0n) is 9.06. The van der Waals surface area contributed by atoms with Gasteiger partial charge in [0.05, 0.1) is 0 Å². The van der Waals surface area contributed by atoms with Crippen LogP contribution >= 0.6 is 0 Å². The largest absolute Gasteiger partial charge is 0.330 e. The maximum Gasteiger partial charge on any atom is -0.00192 e. The highest BCUT2D eigenvalue weighted by atomic mass is 15.0. The summed E-state index contributed by atoms with van der Waals surface area (Å²) in [5.74, 6) is 0. The SMILES string of the molecule is CCCC(C)(CN)CCN(C)C. The molecule has 0 spiro atoms. The molecular formula is C10H24N2. The van der Waals surface area contributed by atoms with Gasteiger partial charge in [0.25, 0.3) is 0 Å². The van der Waals surface area contributed by atoms with Gasteiger partial charge in [-0.3, -0.25) is 0 Å². The van der Waals surface area contributed by atoms with Crippen molar-refractivity contribution >= 4 is 0 Å². The summed E-state index contributed by atoms with van der Waals surface area (Å²) in [6.07, 6.45) is 3.70. The van der Waals surface area contributed by atoms with Gasteiger partial charge >= 0.3 is 0 Å². The first kappa shape index (κ1) is 11.9. The molecule has 0 aliphatic heterocycles. The van der Waals surface area contributed by atoms with E-state index in [1.165, 1.54) is 19.3 Å². The smallest absolute Gasteiger partial charge is 0.00192 e. The van der Waals surface area contributed by atoms with Crippen LogP contribution in [0.2, 0.25) is 0 Å². The van der Waals surface area contributed by atoms with Crippen molar-refractivity contribution in [2.24, 2.45) is 11.1 Å². The Labute approximate surface area is 77.1 Å². The summed E-state index contributed by atoms with van der Waals surface area (Å²) >= 11 is 0. The minimum atomic E-state index is 0.360. The normalized spacial score (nSPS) is 16.5. The van der Waals surface area contributed by atoms with E-state index in [-0.39, 0.29) is 0 Å².